The smallest absolute Gasteiger partial charge is 0.323 e. The lowest BCUT2D eigenvalue weighted by Gasteiger charge is -2.26. The van der Waals surface area contributed by atoms with Gasteiger partial charge in [-0.1, -0.05) is 18.2 Å². The minimum atomic E-state index is -1.00. The van der Waals surface area contributed by atoms with Gasteiger partial charge in [0, 0.05) is 16.8 Å². The summed E-state index contributed by atoms with van der Waals surface area (Å²) in [5.41, 5.74) is 6.05. The van der Waals surface area contributed by atoms with Crippen molar-refractivity contribution in [2.24, 2.45) is 11.7 Å². The van der Waals surface area contributed by atoms with E-state index < -0.39 is 11.5 Å². The van der Waals surface area contributed by atoms with Crippen LogP contribution in [0.15, 0.2) is 9.72 Å². The molecule has 1 heterocycles. The summed E-state index contributed by atoms with van der Waals surface area (Å²) in [6, 6.07) is 0. The molecule has 2 rings (SSSR count). The van der Waals surface area contributed by atoms with Crippen LogP contribution in [0.3, 0.4) is 0 Å². The Labute approximate surface area is 115 Å². The third-order valence-electron chi connectivity index (χ3n) is 3.56. The zero-order valence-corrected chi connectivity index (χ0v) is 12.0. The summed E-state index contributed by atoms with van der Waals surface area (Å²) in [4.78, 5) is 15.6. The zero-order valence-electron chi connectivity index (χ0n) is 10.4. The molecule has 0 radical (unpaired) electrons. The molecule has 0 amide bonds. The van der Waals surface area contributed by atoms with E-state index in [1.807, 2.05) is 12.3 Å². The Bertz CT molecular complexity index is 435. The van der Waals surface area contributed by atoms with Crippen molar-refractivity contribution in [3.63, 3.8) is 0 Å². The average Bonchev–Trinajstić information content (AvgIpc) is 2.87. The van der Waals surface area contributed by atoms with Crippen LogP contribution in [0.25, 0.3) is 0 Å². The predicted octanol–water partition coefficient (Wildman–Crippen LogP) is 2.52. The molecule has 18 heavy (non-hydrogen) atoms. The van der Waals surface area contributed by atoms with E-state index >= 15 is 0 Å². The highest BCUT2D eigenvalue weighted by atomic mass is 32.2. The van der Waals surface area contributed by atoms with Crippen molar-refractivity contribution in [1.82, 2.24) is 4.98 Å². The number of thiazole rings is 1. The lowest BCUT2D eigenvalue weighted by Crippen LogP contribution is -2.51. The molecule has 0 saturated heterocycles. The zero-order chi connectivity index (χ0) is 13.2. The monoisotopic (exact) mass is 286 g/mol. The first-order chi connectivity index (χ1) is 8.52. The third-order valence-corrected chi connectivity index (χ3v) is 5.73. The Morgan fingerprint density at radius 2 is 2.56 bits per heavy atom. The molecule has 0 spiro atoms. The normalized spacial score (nSPS) is 27.6. The van der Waals surface area contributed by atoms with Crippen LogP contribution < -0.4 is 5.73 Å². The van der Waals surface area contributed by atoms with Crippen LogP contribution in [0, 0.1) is 12.8 Å². The molecule has 0 aromatic carbocycles. The summed E-state index contributed by atoms with van der Waals surface area (Å²) >= 11 is 3.34. The van der Waals surface area contributed by atoms with E-state index in [0.29, 0.717) is 6.42 Å². The average molecular weight is 286 g/mol. The van der Waals surface area contributed by atoms with E-state index in [9.17, 15) is 9.90 Å². The highest BCUT2D eigenvalue weighted by Crippen LogP contribution is 2.37. The van der Waals surface area contributed by atoms with Crippen molar-refractivity contribution in [3.05, 3.63) is 11.1 Å². The van der Waals surface area contributed by atoms with Crippen LogP contribution >= 0.6 is 23.1 Å². The molecule has 1 aliphatic rings. The van der Waals surface area contributed by atoms with Crippen LogP contribution in [0.1, 0.15) is 31.4 Å². The van der Waals surface area contributed by atoms with Crippen LogP contribution in [-0.4, -0.2) is 27.4 Å². The van der Waals surface area contributed by atoms with Crippen LogP contribution in [0.5, 0.6) is 0 Å². The van der Waals surface area contributed by atoms with Crippen molar-refractivity contribution in [2.75, 3.05) is 5.75 Å². The Morgan fingerprint density at radius 3 is 3.17 bits per heavy atom. The van der Waals surface area contributed by atoms with Gasteiger partial charge in [0.05, 0.1) is 0 Å². The number of nitrogens with zero attached hydrogens (tertiary/aromatic N) is 1. The molecule has 0 aliphatic heterocycles. The van der Waals surface area contributed by atoms with Crippen molar-refractivity contribution in [2.45, 2.75) is 42.5 Å². The van der Waals surface area contributed by atoms with Gasteiger partial charge in [-0.25, -0.2) is 4.98 Å². The molecule has 1 aromatic heterocycles. The van der Waals surface area contributed by atoms with Gasteiger partial charge in [-0.2, -0.15) is 0 Å². The Morgan fingerprint density at radius 1 is 1.78 bits per heavy atom. The number of aryl methyl sites for hydroxylation is 1. The third kappa shape index (κ3) is 2.87. The molecule has 1 fully saturated rings. The number of carboxylic acids is 1. The van der Waals surface area contributed by atoms with Crippen molar-refractivity contribution < 1.29 is 9.90 Å². The molecule has 2 atom stereocenters. The molecule has 1 aromatic rings. The first-order valence-corrected chi connectivity index (χ1v) is 7.96. The number of hydrogen-bond donors (Lipinski definition) is 2. The molecule has 4 nitrogen and oxygen atoms in total. The SMILES string of the molecule is Cc1csc(SCCC2CCCC2(N)C(=O)O)n1. The van der Waals surface area contributed by atoms with Crippen molar-refractivity contribution in [1.29, 1.82) is 0 Å². The number of thioether (sulfide) groups is 1. The van der Waals surface area contributed by atoms with Crippen LogP contribution in [0.4, 0.5) is 0 Å². The number of hydrogen-bond acceptors (Lipinski definition) is 5. The Kier molecular flexibility index (Phi) is 4.29. The van der Waals surface area contributed by atoms with Gasteiger partial charge < -0.3 is 10.8 Å². The summed E-state index contributed by atoms with van der Waals surface area (Å²) in [6.45, 7) is 1.98. The standard InChI is InChI=1S/C12H18N2O2S2/c1-8-7-18-11(14-8)17-6-4-9-3-2-5-12(9,13)10(15)16/h7,9H,2-6,13H2,1H3,(H,15,16). The van der Waals surface area contributed by atoms with E-state index in [1.54, 1.807) is 23.1 Å². The van der Waals surface area contributed by atoms with Gasteiger partial charge in [0.15, 0.2) is 0 Å². The van der Waals surface area contributed by atoms with Crippen molar-refractivity contribution >= 4 is 29.1 Å². The highest BCUT2D eigenvalue weighted by Gasteiger charge is 2.45. The minimum Gasteiger partial charge on any atom is -0.480 e. The number of aliphatic carboxylic acids is 1. The Hall–Kier alpha value is -0.590. The van der Waals surface area contributed by atoms with E-state index in [4.69, 9.17) is 5.73 Å². The summed E-state index contributed by atoms with van der Waals surface area (Å²) < 4.78 is 1.06. The van der Waals surface area contributed by atoms with Crippen molar-refractivity contribution in [3.8, 4) is 0 Å². The first-order valence-electron chi connectivity index (χ1n) is 6.09. The second-order valence-corrected chi connectivity index (χ2v) is 7.03. The number of nitrogens with two attached hydrogens (primary N) is 1. The summed E-state index contributed by atoms with van der Waals surface area (Å²) in [5.74, 6) is 0.146. The van der Waals surface area contributed by atoms with E-state index in [1.165, 1.54) is 0 Å². The highest BCUT2D eigenvalue weighted by molar-refractivity contribution is 8.00. The maximum Gasteiger partial charge on any atom is 0.323 e. The fraction of sp³-hybridized carbons (Fsp3) is 0.667. The van der Waals surface area contributed by atoms with Gasteiger partial charge in [-0.05, 0) is 32.1 Å². The lowest BCUT2D eigenvalue weighted by atomic mass is 9.86. The maximum atomic E-state index is 11.2. The van der Waals surface area contributed by atoms with E-state index in [0.717, 1.165) is 35.0 Å². The number of carbonyl (C=O) groups is 1. The molecular weight excluding hydrogens is 268 g/mol. The van der Waals surface area contributed by atoms with E-state index in [-0.39, 0.29) is 5.92 Å². The number of aromatic nitrogens is 1. The maximum absolute atomic E-state index is 11.2. The topological polar surface area (TPSA) is 76.2 Å². The summed E-state index contributed by atoms with van der Waals surface area (Å²) in [6.07, 6.45) is 3.31. The molecule has 100 valence electrons. The number of rotatable bonds is 5. The predicted molar refractivity (Wildman–Crippen MR) is 74.1 cm³/mol. The van der Waals surface area contributed by atoms with Crippen LogP contribution in [0.2, 0.25) is 0 Å². The fourth-order valence-electron chi connectivity index (χ4n) is 2.47. The quantitative estimate of drug-likeness (QED) is 0.813. The molecule has 1 aliphatic carbocycles. The lowest BCUT2D eigenvalue weighted by molar-refractivity contribution is -0.144. The molecule has 6 heteroatoms. The molecule has 2 unspecified atom stereocenters. The summed E-state index contributed by atoms with van der Waals surface area (Å²) in [7, 11) is 0. The van der Waals surface area contributed by atoms with Gasteiger partial charge in [0.25, 0.3) is 0 Å². The second kappa shape index (κ2) is 5.59. The fourth-order valence-corrected chi connectivity index (χ4v) is 4.45. The first kappa shape index (κ1) is 13.8. The molecule has 3 N–H and O–H groups in total. The van der Waals surface area contributed by atoms with Gasteiger partial charge in [-0.3, -0.25) is 4.79 Å². The molecular formula is C12H18N2O2S2. The number of carboxylic acid groups (broad SMARTS) is 1. The largest absolute Gasteiger partial charge is 0.480 e. The second-order valence-electron chi connectivity index (χ2n) is 4.83. The molecule has 1 saturated carbocycles. The Balaban J connectivity index is 1.85. The minimum absolute atomic E-state index is 0.101. The van der Waals surface area contributed by atoms with E-state index in [2.05, 4.69) is 4.98 Å². The van der Waals surface area contributed by atoms with Crippen LogP contribution in [-0.2, 0) is 4.79 Å². The summed E-state index contributed by atoms with van der Waals surface area (Å²) in [5, 5.41) is 11.3. The van der Waals surface area contributed by atoms with Gasteiger partial charge >= 0.3 is 5.97 Å². The van der Waals surface area contributed by atoms with Gasteiger partial charge in [0.1, 0.15) is 9.88 Å². The van der Waals surface area contributed by atoms with Gasteiger partial charge in [0.2, 0.25) is 0 Å². The van der Waals surface area contributed by atoms with Gasteiger partial charge in [-0.15, -0.1) is 11.3 Å². The molecule has 0 bridgehead atoms.